The minimum Gasteiger partial charge on any atom is -0.277 e. The number of carbonyl (C=O) groups excluding carboxylic acids is 1. The van der Waals surface area contributed by atoms with Gasteiger partial charge in [-0.15, -0.1) is 0 Å². The van der Waals surface area contributed by atoms with Gasteiger partial charge >= 0.3 is 0 Å². The van der Waals surface area contributed by atoms with Crippen molar-refractivity contribution >= 4 is 5.91 Å². The third-order valence-electron chi connectivity index (χ3n) is 2.80. The Bertz CT molecular complexity index is 547. The molecule has 0 saturated carbocycles. The van der Waals surface area contributed by atoms with Crippen molar-refractivity contribution in [1.82, 2.24) is 5.48 Å². The van der Waals surface area contributed by atoms with Gasteiger partial charge in [0.15, 0.2) is 0 Å². The number of carbonyl (C=O) groups is 1. The van der Waals surface area contributed by atoms with E-state index in [9.17, 15) is 4.79 Å². The first-order valence-electron chi connectivity index (χ1n) is 5.72. The fourth-order valence-corrected chi connectivity index (χ4v) is 1.85. The van der Waals surface area contributed by atoms with Crippen LogP contribution in [0.4, 0.5) is 0 Å². The number of amides is 1. The molecular weight excluding hydrogens is 226 g/mol. The Morgan fingerprint density at radius 3 is 2.33 bits per heavy atom. The van der Waals surface area contributed by atoms with Gasteiger partial charge in [-0.25, -0.2) is 5.48 Å². The highest BCUT2D eigenvalue weighted by Gasteiger charge is 2.05. The molecule has 0 aliphatic heterocycles. The lowest BCUT2D eigenvalue weighted by Gasteiger charge is -2.07. The molecule has 2 aromatic carbocycles. The Kier molecular flexibility index (Phi) is 3.75. The van der Waals surface area contributed by atoms with E-state index in [0.29, 0.717) is 5.56 Å². The van der Waals surface area contributed by atoms with E-state index in [0.717, 1.165) is 5.56 Å². The average Bonchev–Trinajstić information content (AvgIpc) is 2.40. The molecule has 0 aliphatic rings. The van der Waals surface area contributed by atoms with Crippen LogP contribution in [0.15, 0.2) is 48.5 Å². The van der Waals surface area contributed by atoms with Crippen molar-refractivity contribution in [2.24, 2.45) is 0 Å². The van der Waals surface area contributed by atoms with Crippen molar-refractivity contribution < 1.29 is 9.63 Å². The summed E-state index contributed by atoms with van der Waals surface area (Å²) in [5, 5.41) is 0. The molecule has 0 radical (unpaired) electrons. The summed E-state index contributed by atoms with van der Waals surface area (Å²) in [6.45, 7) is 2.07. The smallest absolute Gasteiger partial charge is 0.274 e. The molecule has 0 aromatic heterocycles. The van der Waals surface area contributed by atoms with E-state index in [1.165, 1.54) is 18.2 Å². The van der Waals surface area contributed by atoms with Gasteiger partial charge in [0, 0.05) is 5.56 Å². The highest BCUT2D eigenvalue weighted by Crippen LogP contribution is 2.23. The maximum absolute atomic E-state index is 11.5. The second-order valence-corrected chi connectivity index (χ2v) is 4.03. The fraction of sp³-hybridized carbons (Fsp3) is 0.133. The Labute approximate surface area is 106 Å². The van der Waals surface area contributed by atoms with Crippen molar-refractivity contribution in [2.45, 2.75) is 6.92 Å². The summed E-state index contributed by atoms with van der Waals surface area (Å²) in [5.41, 5.74) is 6.36. The first-order valence-corrected chi connectivity index (χ1v) is 5.72. The number of benzene rings is 2. The van der Waals surface area contributed by atoms with Crippen LogP contribution in [0.2, 0.25) is 0 Å². The largest absolute Gasteiger partial charge is 0.277 e. The fourth-order valence-electron chi connectivity index (χ4n) is 1.85. The molecule has 1 N–H and O–H groups in total. The monoisotopic (exact) mass is 241 g/mol. The molecule has 2 rings (SSSR count). The minimum absolute atomic E-state index is 0.242. The second kappa shape index (κ2) is 5.47. The Balaban J connectivity index is 2.28. The summed E-state index contributed by atoms with van der Waals surface area (Å²) < 4.78 is 0. The number of hydrogen-bond donors (Lipinski definition) is 1. The molecule has 0 unspecified atom stereocenters. The summed E-state index contributed by atoms with van der Waals surface area (Å²) >= 11 is 0. The van der Waals surface area contributed by atoms with Crippen LogP contribution in [0.1, 0.15) is 15.9 Å². The second-order valence-electron chi connectivity index (χ2n) is 4.03. The average molecular weight is 241 g/mol. The van der Waals surface area contributed by atoms with Crippen LogP contribution >= 0.6 is 0 Å². The molecule has 3 nitrogen and oxygen atoms in total. The van der Waals surface area contributed by atoms with Gasteiger partial charge in [-0.05, 0) is 35.7 Å². The molecular formula is C15H15NO2. The maximum Gasteiger partial charge on any atom is 0.274 e. The van der Waals surface area contributed by atoms with Crippen LogP contribution < -0.4 is 5.48 Å². The molecule has 0 fully saturated rings. The highest BCUT2D eigenvalue weighted by molar-refractivity contribution is 5.94. The van der Waals surface area contributed by atoms with Crippen LogP contribution in [-0.4, -0.2) is 13.0 Å². The summed E-state index contributed by atoms with van der Waals surface area (Å²) in [7, 11) is 1.42. The standard InChI is InChI=1S/C15H15NO2/c1-11-5-3-4-6-14(11)12-7-9-13(10-8-12)15(17)16-18-2/h3-10H,1-2H3,(H,16,17). The van der Waals surface area contributed by atoms with Crippen LogP contribution in [0.3, 0.4) is 0 Å². The van der Waals surface area contributed by atoms with Crippen molar-refractivity contribution in [3.05, 3.63) is 59.7 Å². The Morgan fingerprint density at radius 2 is 1.72 bits per heavy atom. The molecule has 1 amide bonds. The van der Waals surface area contributed by atoms with E-state index in [1.807, 2.05) is 24.3 Å². The predicted octanol–water partition coefficient (Wildman–Crippen LogP) is 2.95. The normalized spacial score (nSPS) is 10.1. The first-order chi connectivity index (χ1) is 8.72. The van der Waals surface area contributed by atoms with Gasteiger partial charge in [-0.2, -0.15) is 0 Å². The van der Waals surface area contributed by atoms with Crippen molar-refractivity contribution in [3.8, 4) is 11.1 Å². The molecule has 0 spiro atoms. The van der Waals surface area contributed by atoms with E-state index in [-0.39, 0.29) is 5.91 Å². The molecule has 0 atom stereocenters. The lowest BCUT2D eigenvalue weighted by Crippen LogP contribution is -2.21. The van der Waals surface area contributed by atoms with Gasteiger partial charge in [0.1, 0.15) is 0 Å². The zero-order valence-corrected chi connectivity index (χ0v) is 10.4. The zero-order valence-electron chi connectivity index (χ0n) is 10.4. The van der Waals surface area contributed by atoms with Gasteiger partial charge in [0.05, 0.1) is 7.11 Å². The van der Waals surface area contributed by atoms with E-state index in [2.05, 4.69) is 29.4 Å². The van der Waals surface area contributed by atoms with Crippen molar-refractivity contribution in [2.75, 3.05) is 7.11 Å². The summed E-state index contributed by atoms with van der Waals surface area (Å²) in [6.07, 6.45) is 0. The molecule has 0 saturated heterocycles. The molecule has 2 aromatic rings. The van der Waals surface area contributed by atoms with E-state index in [1.54, 1.807) is 12.1 Å². The number of nitrogens with one attached hydrogen (secondary N) is 1. The minimum atomic E-state index is -0.242. The van der Waals surface area contributed by atoms with Crippen LogP contribution in [-0.2, 0) is 4.84 Å². The number of hydroxylamine groups is 1. The third kappa shape index (κ3) is 2.57. The lowest BCUT2D eigenvalue weighted by molar-refractivity contribution is 0.0537. The Hall–Kier alpha value is -2.13. The van der Waals surface area contributed by atoms with E-state index < -0.39 is 0 Å². The molecule has 0 aliphatic carbocycles. The topological polar surface area (TPSA) is 38.3 Å². The van der Waals surface area contributed by atoms with Crippen molar-refractivity contribution in [3.63, 3.8) is 0 Å². The molecule has 0 heterocycles. The number of hydrogen-bond acceptors (Lipinski definition) is 2. The Morgan fingerprint density at radius 1 is 1.06 bits per heavy atom. The van der Waals surface area contributed by atoms with E-state index in [4.69, 9.17) is 0 Å². The number of rotatable bonds is 3. The molecule has 18 heavy (non-hydrogen) atoms. The van der Waals surface area contributed by atoms with E-state index >= 15 is 0 Å². The molecule has 92 valence electrons. The predicted molar refractivity (Wildman–Crippen MR) is 71.1 cm³/mol. The first kappa shape index (κ1) is 12.3. The lowest BCUT2D eigenvalue weighted by atomic mass is 9.99. The summed E-state index contributed by atoms with van der Waals surface area (Å²) in [4.78, 5) is 16.1. The summed E-state index contributed by atoms with van der Waals surface area (Å²) in [6, 6.07) is 15.6. The zero-order chi connectivity index (χ0) is 13.0. The molecule has 0 bridgehead atoms. The quantitative estimate of drug-likeness (QED) is 0.839. The van der Waals surface area contributed by atoms with Crippen LogP contribution in [0.5, 0.6) is 0 Å². The van der Waals surface area contributed by atoms with Gasteiger partial charge in [0.2, 0.25) is 0 Å². The highest BCUT2D eigenvalue weighted by atomic mass is 16.6. The van der Waals surface area contributed by atoms with Gasteiger partial charge < -0.3 is 0 Å². The van der Waals surface area contributed by atoms with Gasteiger partial charge in [0.25, 0.3) is 5.91 Å². The van der Waals surface area contributed by atoms with Crippen LogP contribution in [0.25, 0.3) is 11.1 Å². The molecule has 3 heteroatoms. The SMILES string of the molecule is CONC(=O)c1ccc(-c2ccccc2C)cc1. The maximum atomic E-state index is 11.5. The van der Waals surface area contributed by atoms with Crippen molar-refractivity contribution in [1.29, 1.82) is 0 Å². The van der Waals surface area contributed by atoms with Gasteiger partial charge in [-0.3, -0.25) is 9.63 Å². The van der Waals surface area contributed by atoms with Gasteiger partial charge in [-0.1, -0.05) is 36.4 Å². The summed E-state index contributed by atoms with van der Waals surface area (Å²) in [5.74, 6) is -0.242. The van der Waals surface area contributed by atoms with Crippen LogP contribution in [0, 0.1) is 6.92 Å². The number of aryl methyl sites for hydroxylation is 1. The third-order valence-corrected chi connectivity index (χ3v) is 2.80.